The Morgan fingerprint density at radius 3 is 2.45 bits per heavy atom. The molecule has 2 unspecified atom stereocenters. The van der Waals surface area contributed by atoms with E-state index in [0.717, 1.165) is 11.3 Å². The van der Waals surface area contributed by atoms with Crippen molar-refractivity contribution >= 4 is 11.4 Å². The zero-order chi connectivity index (χ0) is 15.5. The molecule has 0 spiro atoms. The van der Waals surface area contributed by atoms with Gasteiger partial charge in [-0.2, -0.15) is 5.26 Å². The number of nitro groups is 1. The van der Waals surface area contributed by atoms with E-state index in [2.05, 4.69) is 6.07 Å². The molecule has 0 bridgehead atoms. The van der Waals surface area contributed by atoms with Gasteiger partial charge >= 0.3 is 0 Å². The van der Waals surface area contributed by atoms with E-state index >= 15 is 0 Å². The SMILES string of the molecule is N#CC1CC(c2ccc([N+](=O)[O-])cc2)N(c2ccccc2)O1. The molecule has 6 heteroatoms. The van der Waals surface area contributed by atoms with Crippen molar-refractivity contribution in [3.63, 3.8) is 0 Å². The van der Waals surface area contributed by atoms with Crippen LogP contribution in [0.3, 0.4) is 0 Å². The lowest BCUT2D eigenvalue weighted by molar-refractivity contribution is -0.384. The summed E-state index contributed by atoms with van der Waals surface area (Å²) in [6, 6.07) is 17.8. The molecule has 1 aliphatic heterocycles. The van der Waals surface area contributed by atoms with E-state index in [1.165, 1.54) is 12.1 Å². The lowest BCUT2D eigenvalue weighted by atomic mass is 10.0. The van der Waals surface area contributed by atoms with Crippen LogP contribution in [0.5, 0.6) is 0 Å². The number of para-hydroxylation sites is 1. The number of benzene rings is 2. The monoisotopic (exact) mass is 295 g/mol. The van der Waals surface area contributed by atoms with Gasteiger partial charge in [-0.15, -0.1) is 0 Å². The van der Waals surface area contributed by atoms with Gasteiger partial charge in [-0.25, -0.2) is 5.06 Å². The second-order valence-electron chi connectivity index (χ2n) is 4.98. The van der Waals surface area contributed by atoms with Crippen LogP contribution in [-0.4, -0.2) is 11.0 Å². The molecule has 2 aromatic rings. The molecule has 22 heavy (non-hydrogen) atoms. The quantitative estimate of drug-likeness (QED) is 0.640. The molecule has 3 rings (SSSR count). The summed E-state index contributed by atoms with van der Waals surface area (Å²) in [5.41, 5.74) is 1.78. The molecule has 0 radical (unpaired) electrons. The Balaban J connectivity index is 1.92. The van der Waals surface area contributed by atoms with E-state index in [1.54, 1.807) is 17.2 Å². The first kappa shape index (κ1) is 14.0. The van der Waals surface area contributed by atoms with Crippen molar-refractivity contribution in [3.8, 4) is 6.07 Å². The van der Waals surface area contributed by atoms with Gasteiger partial charge in [-0.3, -0.25) is 15.0 Å². The zero-order valence-corrected chi connectivity index (χ0v) is 11.6. The molecule has 1 fully saturated rings. The Labute approximate surface area is 127 Å². The summed E-state index contributed by atoms with van der Waals surface area (Å²) in [6.07, 6.45) is -0.0103. The van der Waals surface area contributed by atoms with Crippen molar-refractivity contribution in [1.29, 1.82) is 5.26 Å². The van der Waals surface area contributed by atoms with Gasteiger partial charge in [0, 0.05) is 18.6 Å². The molecule has 0 N–H and O–H groups in total. The maximum Gasteiger partial charge on any atom is 0.269 e. The fourth-order valence-corrected chi connectivity index (χ4v) is 2.53. The van der Waals surface area contributed by atoms with Crippen molar-refractivity contribution in [1.82, 2.24) is 0 Å². The normalized spacial score (nSPS) is 20.6. The van der Waals surface area contributed by atoms with Gasteiger partial charge in [-0.1, -0.05) is 30.3 Å². The van der Waals surface area contributed by atoms with E-state index < -0.39 is 11.0 Å². The highest BCUT2D eigenvalue weighted by atomic mass is 16.7. The van der Waals surface area contributed by atoms with E-state index in [-0.39, 0.29) is 11.7 Å². The van der Waals surface area contributed by atoms with E-state index in [4.69, 9.17) is 10.1 Å². The lowest BCUT2D eigenvalue weighted by Gasteiger charge is -2.24. The van der Waals surface area contributed by atoms with Gasteiger partial charge in [0.2, 0.25) is 0 Å². The van der Waals surface area contributed by atoms with Crippen LogP contribution in [0.25, 0.3) is 0 Å². The molecule has 110 valence electrons. The predicted octanol–water partition coefficient (Wildman–Crippen LogP) is 3.37. The molecule has 2 atom stereocenters. The molecular formula is C16H13N3O3. The number of rotatable bonds is 3. The fraction of sp³-hybridized carbons (Fsp3) is 0.188. The van der Waals surface area contributed by atoms with E-state index in [9.17, 15) is 10.1 Å². The minimum atomic E-state index is -0.527. The standard InChI is InChI=1S/C16H13N3O3/c17-11-15-10-16(12-6-8-14(9-7-12)19(20)21)18(22-15)13-4-2-1-3-5-13/h1-9,15-16H,10H2. The van der Waals surface area contributed by atoms with Gasteiger partial charge in [0.1, 0.15) is 0 Å². The Morgan fingerprint density at radius 2 is 1.86 bits per heavy atom. The van der Waals surface area contributed by atoms with Crippen molar-refractivity contribution < 1.29 is 9.76 Å². The minimum Gasteiger partial charge on any atom is -0.258 e. The third-order valence-corrected chi connectivity index (χ3v) is 3.60. The molecule has 0 amide bonds. The van der Waals surface area contributed by atoms with Crippen molar-refractivity contribution in [3.05, 3.63) is 70.3 Å². The Hall–Kier alpha value is -2.91. The summed E-state index contributed by atoms with van der Waals surface area (Å²) in [5.74, 6) is 0. The summed E-state index contributed by atoms with van der Waals surface area (Å²) in [6.45, 7) is 0. The van der Waals surface area contributed by atoms with Crippen LogP contribution in [0.15, 0.2) is 54.6 Å². The maximum absolute atomic E-state index is 10.7. The first-order chi connectivity index (χ1) is 10.7. The number of nitrogens with zero attached hydrogens (tertiary/aromatic N) is 3. The molecule has 0 saturated carbocycles. The third kappa shape index (κ3) is 2.62. The summed E-state index contributed by atoms with van der Waals surface area (Å²) in [7, 11) is 0. The minimum absolute atomic E-state index is 0.0470. The van der Waals surface area contributed by atoms with Crippen LogP contribution in [0.2, 0.25) is 0 Å². The largest absolute Gasteiger partial charge is 0.269 e. The molecule has 1 aliphatic rings. The summed E-state index contributed by atoms with van der Waals surface area (Å²) in [5, 5.41) is 21.6. The maximum atomic E-state index is 10.7. The topological polar surface area (TPSA) is 79.4 Å². The number of hydrogen-bond donors (Lipinski definition) is 0. The molecule has 1 heterocycles. The zero-order valence-electron chi connectivity index (χ0n) is 11.6. The average molecular weight is 295 g/mol. The Morgan fingerprint density at radius 1 is 1.18 bits per heavy atom. The highest BCUT2D eigenvalue weighted by molar-refractivity contribution is 5.48. The van der Waals surface area contributed by atoms with Gasteiger partial charge < -0.3 is 0 Å². The molecule has 0 aliphatic carbocycles. The highest BCUT2D eigenvalue weighted by Crippen LogP contribution is 2.38. The van der Waals surface area contributed by atoms with Crippen molar-refractivity contribution in [2.24, 2.45) is 0 Å². The Kier molecular flexibility index (Phi) is 3.73. The van der Waals surface area contributed by atoms with Gasteiger partial charge in [0.25, 0.3) is 5.69 Å². The number of non-ortho nitro benzene ring substituents is 1. The number of hydrogen-bond acceptors (Lipinski definition) is 5. The number of nitro benzene ring substituents is 1. The van der Waals surface area contributed by atoms with E-state index in [1.807, 2.05) is 30.3 Å². The smallest absolute Gasteiger partial charge is 0.258 e. The lowest BCUT2D eigenvalue weighted by Crippen LogP contribution is -2.21. The van der Waals surface area contributed by atoms with Crippen LogP contribution in [0.4, 0.5) is 11.4 Å². The first-order valence-corrected chi connectivity index (χ1v) is 6.84. The van der Waals surface area contributed by atoms with Gasteiger partial charge in [0.05, 0.1) is 22.7 Å². The second kappa shape index (κ2) is 5.84. The van der Waals surface area contributed by atoms with Crippen LogP contribution in [-0.2, 0) is 4.84 Å². The first-order valence-electron chi connectivity index (χ1n) is 6.84. The molecule has 2 aromatic carbocycles. The average Bonchev–Trinajstić information content (AvgIpc) is 3.00. The third-order valence-electron chi connectivity index (χ3n) is 3.60. The van der Waals surface area contributed by atoms with Crippen LogP contribution < -0.4 is 5.06 Å². The van der Waals surface area contributed by atoms with E-state index in [0.29, 0.717) is 6.42 Å². The number of nitriles is 1. The highest BCUT2D eigenvalue weighted by Gasteiger charge is 2.35. The van der Waals surface area contributed by atoms with Crippen molar-refractivity contribution in [2.75, 3.05) is 5.06 Å². The number of hydroxylamine groups is 1. The molecular weight excluding hydrogens is 282 g/mol. The Bertz CT molecular complexity index is 710. The molecule has 1 saturated heterocycles. The van der Waals surface area contributed by atoms with Crippen LogP contribution in [0, 0.1) is 21.4 Å². The summed E-state index contributed by atoms with van der Waals surface area (Å²) in [4.78, 5) is 16.0. The molecule has 0 aromatic heterocycles. The van der Waals surface area contributed by atoms with Gasteiger partial charge in [-0.05, 0) is 17.7 Å². The molecule has 6 nitrogen and oxygen atoms in total. The fourth-order valence-electron chi connectivity index (χ4n) is 2.53. The van der Waals surface area contributed by atoms with Crippen LogP contribution in [0.1, 0.15) is 18.0 Å². The second-order valence-corrected chi connectivity index (χ2v) is 4.98. The summed E-state index contributed by atoms with van der Waals surface area (Å²) >= 11 is 0. The summed E-state index contributed by atoms with van der Waals surface area (Å²) < 4.78 is 0. The van der Waals surface area contributed by atoms with Crippen molar-refractivity contribution in [2.45, 2.75) is 18.6 Å². The van der Waals surface area contributed by atoms with Crippen LogP contribution >= 0.6 is 0 Å². The van der Waals surface area contributed by atoms with Gasteiger partial charge in [0.15, 0.2) is 6.10 Å². The predicted molar refractivity (Wildman–Crippen MR) is 79.9 cm³/mol. The number of anilines is 1.